The van der Waals surface area contributed by atoms with Crippen LogP contribution >= 0.6 is 22.6 Å². The van der Waals surface area contributed by atoms with Crippen LogP contribution in [0.15, 0.2) is 0 Å². The van der Waals surface area contributed by atoms with Crippen molar-refractivity contribution in [3.8, 4) is 21.7 Å². The number of unbranched alkanes of at least 4 members (excludes halogenated alkanes) is 3. The van der Waals surface area contributed by atoms with Gasteiger partial charge >= 0.3 is 0 Å². The van der Waals surface area contributed by atoms with E-state index in [1.165, 1.54) is 0 Å². The number of hydrogen-bond acceptors (Lipinski definition) is 2. The van der Waals surface area contributed by atoms with Gasteiger partial charge in [0.25, 0.3) is 0 Å². The first kappa shape index (κ1) is 23.7. The second-order valence-electron chi connectivity index (χ2n) is 7.54. The summed E-state index contributed by atoms with van der Waals surface area (Å²) in [5.74, 6) is 10.2. The molecule has 0 spiro atoms. The third kappa shape index (κ3) is 8.69. The summed E-state index contributed by atoms with van der Waals surface area (Å²) >= 11 is 2.08. The fourth-order valence-electron chi connectivity index (χ4n) is 2.25. The maximum Gasteiger partial charge on any atom is 0.194 e. The quantitative estimate of drug-likeness (QED) is 0.132. The highest BCUT2D eigenvalue weighted by Gasteiger charge is 2.44. The van der Waals surface area contributed by atoms with Crippen LogP contribution in [0.3, 0.4) is 0 Å². The van der Waals surface area contributed by atoms with E-state index in [0.29, 0.717) is 12.3 Å². The summed E-state index contributed by atoms with van der Waals surface area (Å²) in [7, 11) is -1.90. The van der Waals surface area contributed by atoms with Gasteiger partial charge in [-0.1, -0.05) is 39.5 Å². The van der Waals surface area contributed by atoms with Crippen molar-refractivity contribution in [2.24, 2.45) is 5.92 Å². The van der Waals surface area contributed by atoms with Crippen molar-refractivity contribution in [2.75, 3.05) is 0 Å². The van der Waals surface area contributed by atoms with Crippen molar-refractivity contribution < 1.29 is 9.22 Å². The Bertz CT molecular complexity index is 489. The van der Waals surface area contributed by atoms with E-state index < -0.39 is 8.32 Å². The molecule has 0 aromatic rings. The molecule has 0 aliphatic rings. The highest BCUT2D eigenvalue weighted by atomic mass is 127. The minimum atomic E-state index is -1.90. The first-order valence-corrected chi connectivity index (χ1v) is 12.9. The van der Waals surface area contributed by atoms with E-state index in [1.807, 2.05) is 0 Å². The van der Waals surface area contributed by atoms with Crippen LogP contribution in [0, 0.1) is 27.6 Å². The average molecular weight is 460 g/mol. The van der Waals surface area contributed by atoms with Crippen molar-refractivity contribution in [2.45, 2.75) is 90.5 Å². The summed E-state index contributed by atoms with van der Waals surface area (Å²) in [6, 6.07) is 0. The second kappa shape index (κ2) is 12.1. The molecule has 0 amide bonds. The summed E-state index contributed by atoms with van der Waals surface area (Å²) in [6.45, 7) is 13.8. The van der Waals surface area contributed by atoms with E-state index >= 15 is 0 Å². The molecule has 0 aliphatic heterocycles. The lowest BCUT2D eigenvalue weighted by Gasteiger charge is -2.43. The van der Waals surface area contributed by atoms with Gasteiger partial charge in [0.15, 0.2) is 8.32 Å². The zero-order valence-corrected chi connectivity index (χ0v) is 19.3. The summed E-state index contributed by atoms with van der Waals surface area (Å²) in [5.41, 5.74) is 0. The Balaban J connectivity index is 4.94. The van der Waals surface area contributed by atoms with Crippen molar-refractivity contribution in [3.05, 3.63) is 0 Å². The Labute approximate surface area is 164 Å². The molecule has 0 saturated carbocycles. The van der Waals surface area contributed by atoms with Gasteiger partial charge in [-0.05, 0) is 47.2 Å². The number of carbonyl (C=O) groups is 1. The van der Waals surface area contributed by atoms with Crippen LogP contribution in [0.25, 0.3) is 0 Å². The number of carbonyl (C=O) groups excluding carboxylic acids is 1. The molecule has 0 bridgehead atoms. The molecule has 0 aromatic heterocycles. The number of halogens is 1. The minimum absolute atomic E-state index is 0.0167. The zero-order valence-electron chi connectivity index (χ0n) is 16.2. The Morgan fingerprint density at radius 3 is 2.33 bits per heavy atom. The van der Waals surface area contributed by atoms with Gasteiger partial charge in [0.05, 0.1) is 0 Å². The number of rotatable bonds is 10. The Morgan fingerprint density at radius 2 is 1.79 bits per heavy atom. The fraction of sp³-hybridized carbons (Fsp3) is 0.750. The lowest BCUT2D eigenvalue weighted by Crippen LogP contribution is -2.47. The Hall–Kier alpha value is -0.303. The molecule has 136 valence electrons. The summed E-state index contributed by atoms with van der Waals surface area (Å²) in [5, 5.41) is 0.187. The van der Waals surface area contributed by atoms with E-state index in [0.717, 1.165) is 38.4 Å². The highest BCUT2D eigenvalue weighted by molar-refractivity contribution is 14.1. The van der Waals surface area contributed by atoms with Crippen LogP contribution in [-0.2, 0) is 9.22 Å². The maximum absolute atomic E-state index is 10.4. The summed E-state index contributed by atoms with van der Waals surface area (Å²) < 4.78 is 9.51. The third-order valence-corrected chi connectivity index (χ3v) is 10.1. The largest absolute Gasteiger partial charge is 0.403 e. The molecular formula is C20H33IO2Si. The van der Waals surface area contributed by atoms with Gasteiger partial charge in [-0.3, -0.25) is 0 Å². The normalized spacial score (nSPS) is 12.8. The van der Waals surface area contributed by atoms with Crippen LogP contribution in [0.1, 0.15) is 66.2 Å². The third-order valence-electron chi connectivity index (χ3n) is 5.15. The monoisotopic (exact) mass is 460 g/mol. The standard InChI is InChI=1S/C20H33IO2Si/c1-18(2)20(3,4)24(5,6)23-19(15-11-9-12-16-21)14-10-7-8-13-17-22/h17-19H,7-9,11,13,15H2,1-6H3. The molecule has 0 fully saturated rings. The van der Waals surface area contributed by atoms with Crippen LogP contribution in [0.5, 0.6) is 0 Å². The molecule has 0 N–H and O–H groups in total. The van der Waals surface area contributed by atoms with Crippen LogP contribution < -0.4 is 0 Å². The van der Waals surface area contributed by atoms with Crippen LogP contribution in [-0.4, -0.2) is 20.7 Å². The summed E-state index contributed by atoms with van der Waals surface area (Å²) in [6.07, 6.45) is 5.96. The highest BCUT2D eigenvalue weighted by Crippen LogP contribution is 2.45. The van der Waals surface area contributed by atoms with Gasteiger partial charge in [0, 0.05) is 41.9 Å². The average Bonchev–Trinajstić information content (AvgIpc) is 2.50. The first-order chi connectivity index (χ1) is 11.2. The molecule has 0 aromatic carbocycles. The molecule has 1 unspecified atom stereocenters. The molecule has 0 rings (SSSR count). The summed E-state index contributed by atoms with van der Waals surface area (Å²) in [4.78, 5) is 10.4. The molecule has 0 radical (unpaired) electrons. The molecule has 24 heavy (non-hydrogen) atoms. The Kier molecular flexibility index (Phi) is 12.0. The van der Waals surface area contributed by atoms with Crippen molar-refractivity contribution >= 4 is 37.2 Å². The molecule has 0 aliphatic carbocycles. The minimum Gasteiger partial charge on any atom is -0.403 e. The number of aldehydes is 1. The van der Waals surface area contributed by atoms with E-state index in [-0.39, 0.29) is 11.1 Å². The van der Waals surface area contributed by atoms with Crippen molar-refractivity contribution in [1.29, 1.82) is 0 Å². The van der Waals surface area contributed by atoms with Crippen molar-refractivity contribution in [3.63, 3.8) is 0 Å². The predicted octanol–water partition coefficient (Wildman–Crippen LogP) is 5.95. The van der Waals surface area contributed by atoms with Crippen LogP contribution in [0.4, 0.5) is 0 Å². The fourth-order valence-corrected chi connectivity index (χ4v) is 5.10. The topological polar surface area (TPSA) is 26.3 Å². The van der Waals surface area contributed by atoms with Gasteiger partial charge in [0.2, 0.25) is 0 Å². The lowest BCUT2D eigenvalue weighted by atomic mass is 9.99. The van der Waals surface area contributed by atoms with Gasteiger partial charge in [-0.15, -0.1) is 5.92 Å². The molecule has 1 atom stereocenters. The molecule has 2 nitrogen and oxygen atoms in total. The van der Waals surface area contributed by atoms with Gasteiger partial charge < -0.3 is 9.22 Å². The van der Waals surface area contributed by atoms with Crippen LogP contribution in [0.2, 0.25) is 18.1 Å². The first-order valence-electron chi connectivity index (χ1n) is 8.87. The molecular weight excluding hydrogens is 427 g/mol. The SMILES string of the molecule is CC(C)C(C)(C)[Si](C)(C)OC(C#CCCCC=O)CCCC#CI. The smallest absolute Gasteiger partial charge is 0.194 e. The van der Waals surface area contributed by atoms with Gasteiger partial charge in [-0.25, -0.2) is 0 Å². The molecule has 0 saturated heterocycles. The van der Waals surface area contributed by atoms with E-state index in [2.05, 4.69) is 85.1 Å². The van der Waals surface area contributed by atoms with Gasteiger partial charge in [-0.2, -0.15) is 0 Å². The second-order valence-corrected chi connectivity index (χ2v) is 12.6. The molecule has 4 heteroatoms. The van der Waals surface area contributed by atoms with Crippen molar-refractivity contribution in [1.82, 2.24) is 0 Å². The zero-order chi connectivity index (χ0) is 18.6. The van der Waals surface area contributed by atoms with E-state index in [9.17, 15) is 4.79 Å². The van der Waals surface area contributed by atoms with Gasteiger partial charge in [0.1, 0.15) is 12.4 Å². The maximum atomic E-state index is 10.4. The molecule has 0 heterocycles. The lowest BCUT2D eigenvalue weighted by molar-refractivity contribution is -0.107. The van der Waals surface area contributed by atoms with E-state index in [1.54, 1.807) is 0 Å². The van der Waals surface area contributed by atoms with E-state index in [4.69, 9.17) is 4.43 Å². The number of hydrogen-bond donors (Lipinski definition) is 0. The Morgan fingerprint density at radius 1 is 1.17 bits per heavy atom. The predicted molar refractivity (Wildman–Crippen MR) is 115 cm³/mol.